The molecule has 1 aliphatic heterocycles. The lowest BCUT2D eigenvalue weighted by Gasteiger charge is -1.87. The Bertz CT molecular complexity index is 232. The quantitative estimate of drug-likeness (QED) is 0.320. The van der Waals surface area contributed by atoms with Crippen molar-refractivity contribution in [2.24, 2.45) is 0 Å². The van der Waals surface area contributed by atoms with Gasteiger partial charge in [-0.15, -0.1) is 0 Å². The third-order valence-corrected chi connectivity index (χ3v) is 1.33. The fourth-order valence-corrected chi connectivity index (χ4v) is 0.759. The summed E-state index contributed by atoms with van der Waals surface area (Å²) >= 11 is 0. The molecule has 1 aromatic carbocycles. The SMILES string of the molecule is Fc1ccc(B2OO2)cc1. The lowest BCUT2D eigenvalue weighted by molar-refractivity contribution is 0.0850. The number of benzene rings is 1. The molecular formula is C6H4BFO2. The zero-order valence-corrected chi connectivity index (χ0v) is 5.08. The van der Waals surface area contributed by atoms with E-state index in [1.807, 2.05) is 0 Å². The predicted octanol–water partition coefficient (Wildman–Crippen LogP) is 0.483. The van der Waals surface area contributed by atoms with Gasteiger partial charge in [0.05, 0.1) is 0 Å². The van der Waals surface area contributed by atoms with E-state index >= 15 is 0 Å². The summed E-state index contributed by atoms with van der Waals surface area (Å²) in [6.45, 7) is 0. The molecule has 0 atom stereocenters. The molecule has 1 saturated heterocycles. The molecule has 1 heterocycles. The van der Waals surface area contributed by atoms with E-state index in [4.69, 9.17) is 0 Å². The van der Waals surface area contributed by atoms with Crippen LogP contribution in [0, 0.1) is 5.82 Å². The molecule has 2 nitrogen and oxygen atoms in total. The van der Waals surface area contributed by atoms with Crippen LogP contribution in [0.15, 0.2) is 24.3 Å². The third kappa shape index (κ3) is 1.03. The van der Waals surface area contributed by atoms with E-state index in [-0.39, 0.29) is 12.9 Å². The van der Waals surface area contributed by atoms with Gasteiger partial charge in [0.2, 0.25) is 0 Å². The molecule has 0 N–H and O–H groups in total. The average molecular weight is 138 g/mol. The van der Waals surface area contributed by atoms with Crippen molar-refractivity contribution in [2.75, 3.05) is 0 Å². The van der Waals surface area contributed by atoms with Crippen molar-refractivity contribution < 1.29 is 14.0 Å². The van der Waals surface area contributed by atoms with E-state index < -0.39 is 0 Å². The van der Waals surface area contributed by atoms with Crippen molar-refractivity contribution in [3.8, 4) is 0 Å². The summed E-state index contributed by atoms with van der Waals surface area (Å²) in [6.07, 6.45) is 0. The highest BCUT2D eigenvalue weighted by Crippen LogP contribution is 2.06. The fourth-order valence-electron chi connectivity index (χ4n) is 0.759. The molecule has 10 heavy (non-hydrogen) atoms. The summed E-state index contributed by atoms with van der Waals surface area (Å²) in [6, 6.07) is 6.01. The van der Waals surface area contributed by atoms with E-state index in [2.05, 4.69) is 9.61 Å². The van der Waals surface area contributed by atoms with Crippen molar-refractivity contribution in [1.29, 1.82) is 0 Å². The molecule has 0 aliphatic carbocycles. The normalized spacial score (nSPS) is 15.5. The Morgan fingerprint density at radius 2 is 1.70 bits per heavy atom. The number of rotatable bonds is 1. The van der Waals surface area contributed by atoms with Crippen molar-refractivity contribution in [2.45, 2.75) is 0 Å². The van der Waals surface area contributed by atoms with Gasteiger partial charge in [0.1, 0.15) is 5.82 Å². The Morgan fingerprint density at radius 1 is 1.10 bits per heavy atom. The third-order valence-electron chi connectivity index (χ3n) is 1.33. The van der Waals surface area contributed by atoms with E-state index in [9.17, 15) is 4.39 Å². The Morgan fingerprint density at radius 3 is 2.20 bits per heavy atom. The monoisotopic (exact) mass is 138 g/mol. The summed E-state index contributed by atoms with van der Waals surface area (Å²) in [5.41, 5.74) is 0.849. The first-order chi connectivity index (χ1) is 4.86. The van der Waals surface area contributed by atoms with Crippen LogP contribution in [0.2, 0.25) is 0 Å². The maximum atomic E-state index is 12.3. The van der Waals surface area contributed by atoms with Gasteiger partial charge in [-0.3, -0.25) is 9.61 Å². The largest absolute Gasteiger partial charge is 0.550 e. The molecule has 0 unspecified atom stereocenters. The minimum Gasteiger partial charge on any atom is -0.267 e. The summed E-state index contributed by atoms with van der Waals surface area (Å²) in [4.78, 5) is 9.02. The molecule has 50 valence electrons. The summed E-state index contributed by atoms with van der Waals surface area (Å²) < 4.78 is 12.3. The maximum absolute atomic E-state index is 12.3. The van der Waals surface area contributed by atoms with Crippen LogP contribution < -0.4 is 5.46 Å². The van der Waals surface area contributed by atoms with Crippen molar-refractivity contribution in [3.63, 3.8) is 0 Å². The van der Waals surface area contributed by atoms with E-state index in [0.29, 0.717) is 0 Å². The first-order valence-electron chi connectivity index (χ1n) is 2.94. The Hall–Kier alpha value is -0.865. The molecule has 0 saturated carbocycles. The second-order valence-electron chi connectivity index (χ2n) is 2.08. The topological polar surface area (TPSA) is 25.1 Å². The van der Waals surface area contributed by atoms with Crippen LogP contribution in [0.1, 0.15) is 0 Å². The molecule has 1 aromatic rings. The second-order valence-corrected chi connectivity index (χ2v) is 2.08. The van der Waals surface area contributed by atoms with Gasteiger partial charge in [-0.05, 0) is 17.6 Å². The summed E-state index contributed by atoms with van der Waals surface area (Å²) in [5, 5.41) is 0. The highest BCUT2D eigenvalue weighted by atomic mass is 19.1. The Balaban J connectivity index is 2.28. The van der Waals surface area contributed by atoms with E-state index in [0.717, 1.165) is 5.46 Å². The number of hydrogen-bond donors (Lipinski definition) is 0. The molecule has 0 aromatic heterocycles. The molecule has 2 rings (SSSR count). The average Bonchev–Trinajstić information content (AvgIpc) is 2.71. The van der Waals surface area contributed by atoms with Crippen molar-refractivity contribution in [3.05, 3.63) is 30.1 Å². The van der Waals surface area contributed by atoms with E-state index in [1.54, 1.807) is 12.1 Å². The molecule has 1 aliphatic rings. The van der Waals surface area contributed by atoms with Crippen LogP contribution in [-0.4, -0.2) is 7.12 Å². The van der Waals surface area contributed by atoms with Crippen molar-refractivity contribution >= 4 is 12.6 Å². The molecule has 0 spiro atoms. The van der Waals surface area contributed by atoms with Gasteiger partial charge in [-0.2, -0.15) is 0 Å². The molecular weight excluding hydrogens is 134 g/mol. The summed E-state index contributed by atoms with van der Waals surface area (Å²) in [5.74, 6) is -0.246. The summed E-state index contributed by atoms with van der Waals surface area (Å²) in [7, 11) is -0.263. The highest BCUT2D eigenvalue weighted by molar-refractivity contribution is 6.65. The van der Waals surface area contributed by atoms with Crippen LogP contribution in [0.3, 0.4) is 0 Å². The van der Waals surface area contributed by atoms with Crippen LogP contribution in [0.4, 0.5) is 4.39 Å². The first-order valence-corrected chi connectivity index (χ1v) is 2.94. The minimum atomic E-state index is -0.263. The van der Waals surface area contributed by atoms with Gasteiger partial charge in [-0.1, -0.05) is 12.1 Å². The number of hydrogen-bond acceptors (Lipinski definition) is 2. The fraction of sp³-hybridized carbons (Fsp3) is 0. The van der Waals surface area contributed by atoms with Gasteiger partial charge < -0.3 is 0 Å². The molecule has 0 amide bonds. The lowest BCUT2D eigenvalue weighted by atomic mass is 9.83. The first kappa shape index (κ1) is 5.89. The molecule has 4 heteroatoms. The van der Waals surface area contributed by atoms with E-state index in [1.165, 1.54) is 12.1 Å². The smallest absolute Gasteiger partial charge is 0.267 e. The van der Waals surface area contributed by atoms with Gasteiger partial charge in [0.15, 0.2) is 0 Å². The van der Waals surface area contributed by atoms with Crippen molar-refractivity contribution in [1.82, 2.24) is 0 Å². The van der Waals surface area contributed by atoms with Gasteiger partial charge in [0.25, 0.3) is 0 Å². The Kier molecular flexibility index (Phi) is 1.22. The van der Waals surface area contributed by atoms with Gasteiger partial charge in [-0.25, -0.2) is 4.39 Å². The van der Waals surface area contributed by atoms with Crippen LogP contribution in [0.25, 0.3) is 0 Å². The molecule has 0 bridgehead atoms. The molecule has 0 radical (unpaired) electrons. The van der Waals surface area contributed by atoms with Crippen LogP contribution >= 0.6 is 0 Å². The van der Waals surface area contributed by atoms with Gasteiger partial charge in [0, 0.05) is 0 Å². The molecule has 1 fully saturated rings. The zero-order chi connectivity index (χ0) is 6.97. The highest BCUT2D eigenvalue weighted by Gasteiger charge is 2.36. The predicted molar refractivity (Wildman–Crippen MR) is 34.0 cm³/mol. The standard InChI is InChI=1S/C6H4BFO2/c8-6-3-1-5(2-4-6)7-9-10-7/h1-4H. The maximum Gasteiger partial charge on any atom is 0.550 e. The number of halogens is 1. The lowest BCUT2D eigenvalue weighted by Crippen LogP contribution is -2.15. The van der Waals surface area contributed by atoms with Crippen LogP contribution in [-0.2, 0) is 9.61 Å². The Labute approximate surface area is 57.6 Å². The van der Waals surface area contributed by atoms with Gasteiger partial charge >= 0.3 is 7.12 Å². The zero-order valence-electron chi connectivity index (χ0n) is 5.08. The van der Waals surface area contributed by atoms with Crippen LogP contribution in [0.5, 0.6) is 0 Å². The minimum absolute atomic E-state index is 0.246. The second kappa shape index (κ2) is 2.07.